The van der Waals surface area contributed by atoms with Crippen molar-refractivity contribution >= 4 is 29.2 Å². The molecule has 0 aliphatic carbocycles. The third-order valence-electron chi connectivity index (χ3n) is 5.64. The quantitative estimate of drug-likeness (QED) is 0.507. The van der Waals surface area contributed by atoms with Gasteiger partial charge in [-0.2, -0.15) is 0 Å². The van der Waals surface area contributed by atoms with E-state index >= 15 is 0 Å². The summed E-state index contributed by atoms with van der Waals surface area (Å²) in [4.78, 5) is 21.0. The van der Waals surface area contributed by atoms with E-state index in [9.17, 15) is 4.79 Å². The molecular weight excluding hydrogens is 410 g/mol. The van der Waals surface area contributed by atoms with E-state index in [4.69, 9.17) is 11.6 Å². The number of carbonyl (C=O) groups is 1. The van der Waals surface area contributed by atoms with Gasteiger partial charge in [-0.05, 0) is 56.2 Å². The van der Waals surface area contributed by atoms with Gasteiger partial charge in [-0.15, -0.1) is 0 Å². The van der Waals surface area contributed by atoms with Crippen LogP contribution in [0.25, 0.3) is 0 Å². The Hall–Kier alpha value is -2.73. The molecule has 6 nitrogen and oxygen atoms in total. The number of hydrogen-bond acceptors (Lipinski definition) is 3. The minimum atomic E-state index is 0.0764. The molecule has 1 unspecified atom stereocenters. The fraction of sp³-hybridized carbons (Fsp3) is 0.417. The summed E-state index contributed by atoms with van der Waals surface area (Å²) >= 11 is 6.13. The van der Waals surface area contributed by atoms with Crippen molar-refractivity contribution in [3.8, 4) is 0 Å². The van der Waals surface area contributed by atoms with Crippen LogP contribution in [-0.2, 0) is 6.54 Å². The normalized spacial score (nSPS) is 16.3. The second kappa shape index (κ2) is 11.0. The van der Waals surface area contributed by atoms with Crippen molar-refractivity contribution in [2.75, 3.05) is 38.1 Å². The van der Waals surface area contributed by atoms with Crippen LogP contribution < -0.4 is 15.5 Å². The van der Waals surface area contributed by atoms with Gasteiger partial charge < -0.3 is 20.4 Å². The number of amides is 1. The van der Waals surface area contributed by atoms with Crippen LogP contribution >= 0.6 is 11.6 Å². The Kier molecular flexibility index (Phi) is 8.18. The number of aliphatic imine (C=N–C) groups is 1. The van der Waals surface area contributed by atoms with E-state index in [1.165, 1.54) is 0 Å². The summed E-state index contributed by atoms with van der Waals surface area (Å²) in [5.41, 5.74) is 2.98. The third-order valence-corrected chi connectivity index (χ3v) is 5.87. The Balaban J connectivity index is 1.50. The first kappa shape index (κ1) is 22.9. The molecule has 1 saturated heterocycles. The highest BCUT2D eigenvalue weighted by Crippen LogP contribution is 2.23. The molecule has 0 saturated carbocycles. The van der Waals surface area contributed by atoms with Gasteiger partial charge in [0, 0.05) is 62.1 Å². The van der Waals surface area contributed by atoms with Gasteiger partial charge >= 0.3 is 0 Å². The highest BCUT2D eigenvalue weighted by atomic mass is 35.5. The van der Waals surface area contributed by atoms with Gasteiger partial charge in [0.25, 0.3) is 5.91 Å². The number of carbonyl (C=O) groups excluding carboxylic acids is 1. The molecule has 0 spiro atoms. The number of rotatable bonds is 7. The van der Waals surface area contributed by atoms with Gasteiger partial charge in [-0.1, -0.05) is 29.8 Å². The second-order valence-corrected chi connectivity index (χ2v) is 8.09. The number of hydrogen-bond donors (Lipinski definition) is 2. The molecule has 0 aromatic heterocycles. The topological polar surface area (TPSA) is 60.0 Å². The monoisotopic (exact) mass is 441 g/mol. The lowest BCUT2D eigenvalue weighted by molar-refractivity contribution is 0.0773. The Morgan fingerprint density at radius 3 is 2.58 bits per heavy atom. The van der Waals surface area contributed by atoms with Crippen LogP contribution in [0, 0.1) is 0 Å². The van der Waals surface area contributed by atoms with Crippen LogP contribution in [0.3, 0.4) is 0 Å². The molecule has 166 valence electrons. The standard InChI is InChI=1S/C24H32ClN5O/c1-4-29(5-2)23(31)19-11-9-18(10-12-19)16-27-24(26-3)28-21-13-14-30(17-21)22-8-6-7-20(25)15-22/h6-12,15,21H,4-5,13-14,16-17H2,1-3H3,(H2,26,27,28). The van der Waals surface area contributed by atoms with Crippen molar-refractivity contribution in [2.24, 2.45) is 4.99 Å². The van der Waals surface area contributed by atoms with E-state index in [2.05, 4.69) is 26.6 Å². The van der Waals surface area contributed by atoms with Crippen molar-refractivity contribution in [1.29, 1.82) is 0 Å². The molecule has 1 amide bonds. The number of halogens is 1. The van der Waals surface area contributed by atoms with Gasteiger partial charge in [0.05, 0.1) is 0 Å². The molecule has 3 rings (SSSR count). The summed E-state index contributed by atoms with van der Waals surface area (Å²) in [7, 11) is 1.78. The minimum absolute atomic E-state index is 0.0764. The van der Waals surface area contributed by atoms with Crippen LogP contribution in [0.2, 0.25) is 5.02 Å². The fourth-order valence-electron chi connectivity index (χ4n) is 3.82. The molecule has 2 aromatic carbocycles. The fourth-order valence-corrected chi connectivity index (χ4v) is 4.00. The van der Waals surface area contributed by atoms with Gasteiger partial charge in [0.2, 0.25) is 0 Å². The maximum absolute atomic E-state index is 12.4. The zero-order valence-electron chi connectivity index (χ0n) is 18.6. The van der Waals surface area contributed by atoms with Crippen LogP contribution in [0.5, 0.6) is 0 Å². The first-order valence-electron chi connectivity index (χ1n) is 10.9. The molecule has 31 heavy (non-hydrogen) atoms. The molecule has 1 fully saturated rings. The lowest BCUT2D eigenvalue weighted by Gasteiger charge is -2.21. The molecule has 1 atom stereocenters. The molecule has 1 heterocycles. The van der Waals surface area contributed by atoms with Gasteiger partial charge in [-0.25, -0.2) is 0 Å². The number of guanidine groups is 1. The zero-order chi connectivity index (χ0) is 22.2. The third kappa shape index (κ3) is 6.14. The average molecular weight is 442 g/mol. The van der Waals surface area contributed by atoms with Crippen molar-refractivity contribution in [1.82, 2.24) is 15.5 Å². The summed E-state index contributed by atoms with van der Waals surface area (Å²) in [6.07, 6.45) is 1.04. The summed E-state index contributed by atoms with van der Waals surface area (Å²) in [5, 5.41) is 7.65. The molecule has 2 N–H and O–H groups in total. The van der Waals surface area contributed by atoms with Crippen LogP contribution in [0.15, 0.2) is 53.5 Å². The summed E-state index contributed by atoms with van der Waals surface area (Å²) in [5.74, 6) is 0.855. The molecule has 1 aliphatic heterocycles. The lowest BCUT2D eigenvalue weighted by atomic mass is 10.1. The maximum Gasteiger partial charge on any atom is 0.253 e. The molecule has 0 bridgehead atoms. The lowest BCUT2D eigenvalue weighted by Crippen LogP contribution is -2.44. The summed E-state index contributed by atoms with van der Waals surface area (Å²) in [6, 6.07) is 16.1. The minimum Gasteiger partial charge on any atom is -0.369 e. The predicted octanol–water partition coefficient (Wildman–Crippen LogP) is 3.77. The van der Waals surface area contributed by atoms with E-state index in [1.54, 1.807) is 7.05 Å². The largest absolute Gasteiger partial charge is 0.369 e. The first-order chi connectivity index (χ1) is 15.0. The Labute approximate surface area is 190 Å². The Morgan fingerprint density at radius 1 is 1.19 bits per heavy atom. The van der Waals surface area contributed by atoms with Crippen LogP contribution in [-0.4, -0.2) is 56.0 Å². The van der Waals surface area contributed by atoms with Gasteiger partial charge in [-0.3, -0.25) is 9.79 Å². The van der Waals surface area contributed by atoms with E-state index in [0.717, 1.165) is 60.4 Å². The van der Waals surface area contributed by atoms with E-state index in [-0.39, 0.29) is 5.91 Å². The SMILES string of the molecule is CCN(CC)C(=O)c1ccc(CNC(=NC)NC2CCN(c3cccc(Cl)c3)C2)cc1. The first-order valence-corrected chi connectivity index (χ1v) is 11.3. The average Bonchev–Trinajstić information content (AvgIpc) is 3.26. The van der Waals surface area contributed by atoms with Gasteiger partial charge in [0.15, 0.2) is 5.96 Å². The predicted molar refractivity (Wildman–Crippen MR) is 129 cm³/mol. The number of nitrogens with zero attached hydrogens (tertiary/aromatic N) is 3. The van der Waals surface area contributed by atoms with E-state index < -0.39 is 0 Å². The molecule has 0 radical (unpaired) electrons. The second-order valence-electron chi connectivity index (χ2n) is 7.66. The molecular formula is C24H32ClN5O. The van der Waals surface area contributed by atoms with E-state index in [1.807, 2.05) is 61.2 Å². The zero-order valence-corrected chi connectivity index (χ0v) is 19.3. The number of anilines is 1. The highest BCUT2D eigenvalue weighted by molar-refractivity contribution is 6.30. The van der Waals surface area contributed by atoms with Crippen molar-refractivity contribution < 1.29 is 4.79 Å². The van der Waals surface area contributed by atoms with E-state index in [0.29, 0.717) is 12.6 Å². The van der Waals surface area contributed by atoms with Crippen molar-refractivity contribution in [3.63, 3.8) is 0 Å². The molecule has 1 aliphatic rings. The highest BCUT2D eigenvalue weighted by Gasteiger charge is 2.23. The number of nitrogens with one attached hydrogen (secondary N) is 2. The maximum atomic E-state index is 12.4. The Morgan fingerprint density at radius 2 is 1.94 bits per heavy atom. The summed E-state index contributed by atoms with van der Waals surface area (Å²) in [6.45, 7) is 7.96. The van der Waals surface area contributed by atoms with Crippen molar-refractivity contribution in [3.05, 3.63) is 64.7 Å². The number of benzene rings is 2. The van der Waals surface area contributed by atoms with Crippen LogP contribution in [0.1, 0.15) is 36.2 Å². The van der Waals surface area contributed by atoms with Crippen LogP contribution in [0.4, 0.5) is 5.69 Å². The van der Waals surface area contributed by atoms with Gasteiger partial charge in [0.1, 0.15) is 0 Å². The summed E-state index contributed by atoms with van der Waals surface area (Å²) < 4.78 is 0. The molecule has 2 aromatic rings. The van der Waals surface area contributed by atoms with Crippen molar-refractivity contribution in [2.45, 2.75) is 32.9 Å². The Bertz CT molecular complexity index is 895. The smallest absolute Gasteiger partial charge is 0.253 e. The molecule has 7 heteroatoms.